The zero-order valence-electron chi connectivity index (χ0n) is 11.2. The first-order valence-corrected chi connectivity index (χ1v) is 6.44. The molecule has 100 valence electrons. The molecule has 0 heterocycles. The molecule has 0 N–H and O–H groups in total. The van der Waals surface area contributed by atoms with Gasteiger partial charge in [0.2, 0.25) is 0 Å². The highest BCUT2D eigenvalue weighted by atomic mass is 16.5. The van der Waals surface area contributed by atoms with E-state index in [0.717, 1.165) is 19.3 Å². The van der Waals surface area contributed by atoms with Gasteiger partial charge in [0.15, 0.2) is 5.41 Å². The van der Waals surface area contributed by atoms with E-state index in [1.165, 1.54) is 19.8 Å². The molecule has 0 aliphatic heterocycles. The van der Waals surface area contributed by atoms with Crippen molar-refractivity contribution in [2.75, 3.05) is 14.2 Å². The second-order valence-electron chi connectivity index (χ2n) is 5.25. The molecule has 2 rings (SSSR count). The fourth-order valence-corrected chi connectivity index (χ4v) is 3.62. The Morgan fingerprint density at radius 1 is 1.28 bits per heavy atom. The van der Waals surface area contributed by atoms with Crippen LogP contribution in [-0.4, -0.2) is 26.2 Å². The Morgan fingerprint density at radius 3 is 2.44 bits per heavy atom. The summed E-state index contributed by atoms with van der Waals surface area (Å²) >= 11 is 0. The molecule has 1 fully saturated rings. The van der Waals surface area contributed by atoms with Crippen LogP contribution >= 0.6 is 0 Å². The molecular formula is C14H20O4. The van der Waals surface area contributed by atoms with Gasteiger partial charge < -0.3 is 9.47 Å². The van der Waals surface area contributed by atoms with Crippen molar-refractivity contribution in [3.63, 3.8) is 0 Å². The van der Waals surface area contributed by atoms with Crippen LogP contribution in [0.1, 0.15) is 32.6 Å². The quantitative estimate of drug-likeness (QED) is 0.429. The van der Waals surface area contributed by atoms with Gasteiger partial charge in [0.25, 0.3) is 0 Å². The second kappa shape index (κ2) is 4.75. The lowest BCUT2D eigenvalue weighted by atomic mass is 9.72. The molecule has 4 nitrogen and oxygen atoms in total. The van der Waals surface area contributed by atoms with Gasteiger partial charge in [0, 0.05) is 5.92 Å². The van der Waals surface area contributed by atoms with Crippen molar-refractivity contribution in [3.8, 4) is 0 Å². The van der Waals surface area contributed by atoms with Gasteiger partial charge in [-0.15, -0.1) is 0 Å². The van der Waals surface area contributed by atoms with Gasteiger partial charge in [0.1, 0.15) is 0 Å². The highest BCUT2D eigenvalue weighted by molar-refractivity contribution is 6.01. The van der Waals surface area contributed by atoms with Gasteiger partial charge in [-0.1, -0.05) is 18.6 Å². The van der Waals surface area contributed by atoms with Crippen LogP contribution in [-0.2, 0) is 19.1 Å². The number of carbonyl (C=O) groups is 2. The van der Waals surface area contributed by atoms with Crippen LogP contribution in [0.25, 0.3) is 0 Å². The fourth-order valence-electron chi connectivity index (χ4n) is 3.62. The van der Waals surface area contributed by atoms with E-state index >= 15 is 0 Å². The summed E-state index contributed by atoms with van der Waals surface area (Å²) in [5, 5.41) is 0. The van der Waals surface area contributed by atoms with Gasteiger partial charge in [0.05, 0.1) is 14.2 Å². The molecule has 0 aromatic heterocycles. The average molecular weight is 252 g/mol. The van der Waals surface area contributed by atoms with Crippen molar-refractivity contribution in [2.24, 2.45) is 17.3 Å². The number of hydrogen-bond donors (Lipinski definition) is 0. The summed E-state index contributed by atoms with van der Waals surface area (Å²) in [6, 6.07) is 0. The minimum absolute atomic E-state index is 0.0406. The molecule has 0 spiro atoms. The van der Waals surface area contributed by atoms with Gasteiger partial charge in [-0.2, -0.15) is 0 Å². The van der Waals surface area contributed by atoms with E-state index in [1.807, 2.05) is 0 Å². The van der Waals surface area contributed by atoms with Crippen LogP contribution in [0.3, 0.4) is 0 Å². The largest absolute Gasteiger partial charge is 0.468 e. The first kappa shape index (κ1) is 13.1. The molecule has 2 aliphatic carbocycles. The molecule has 0 amide bonds. The van der Waals surface area contributed by atoms with Crippen LogP contribution in [0.4, 0.5) is 0 Å². The van der Waals surface area contributed by atoms with Crippen molar-refractivity contribution in [1.82, 2.24) is 0 Å². The van der Waals surface area contributed by atoms with E-state index in [4.69, 9.17) is 9.47 Å². The van der Waals surface area contributed by atoms with Crippen LogP contribution in [0.15, 0.2) is 11.6 Å². The summed E-state index contributed by atoms with van der Waals surface area (Å²) in [4.78, 5) is 24.4. The first-order chi connectivity index (χ1) is 8.57. The monoisotopic (exact) mass is 252 g/mol. The summed E-state index contributed by atoms with van der Waals surface area (Å²) in [6.45, 7) is 2.07. The minimum atomic E-state index is -1.12. The zero-order valence-corrected chi connectivity index (χ0v) is 11.2. The highest BCUT2D eigenvalue weighted by Crippen LogP contribution is 2.55. The molecule has 1 saturated carbocycles. The highest BCUT2D eigenvalue weighted by Gasteiger charge is 2.60. The van der Waals surface area contributed by atoms with Crippen molar-refractivity contribution in [1.29, 1.82) is 0 Å². The van der Waals surface area contributed by atoms with Crippen LogP contribution in [0, 0.1) is 17.3 Å². The third kappa shape index (κ3) is 1.66. The Labute approximate surface area is 107 Å². The van der Waals surface area contributed by atoms with E-state index in [1.54, 1.807) is 0 Å². The molecule has 2 unspecified atom stereocenters. The first-order valence-electron chi connectivity index (χ1n) is 6.44. The van der Waals surface area contributed by atoms with E-state index < -0.39 is 17.4 Å². The van der Waals surface area contributed by atoms with Crippen molar-refractivity contribution in [3.05, 3.63) is 11.6 Å². The molecule has 4 heteroatoms. The molecule has 0 radical (unpaired) electrons. The number of methoxy groups -OCH3 is 2. The third-order valence-electron chi connectivity index (χ3n) is 4.37. The zero-order chi connectivity index (χ0) is 13.3. The molecule has 18 heavy (non-hydrogen) atoms. The maximum atomic E-state index is 12.2. The number of hydrogen-bond acceptors (Lipinski definition) is 4. The number of carbonyl (C=O) groups excluding carboxylic acids is 2. The molecule has 0 aromatic carbocycles. The Kier molecular flexibility index (Phi) is 3.46. The smallest absolute Gasteiger partial charge is 0.323 e. The maximum absolute atomic E-state index is 12.2. The summed E-state index contributed by atoms with van der Waals surface area (Å²) < 4.78 is 9.78. The normalized spacial score (nSPS) is 29.2. The van der Waals surface area contributed by atoms with Crippen LogP contribution in [0.2, 0.25) is 0 Å². The molecule has 2 atom stereocenters. The number of allylic oxidation sites excluding steroid dienone is 2. The SMILES string of the molecule is COC(=O)C1(C(=O)OC)CC(C)C2=CCCCC21. The average Bonchev–Trinajstić information content (AvgIpc) is 2.72. The Morgan fingerprint density at radius 2 is 1.89 bits per heavy atom. The van der Waals surface area contributed by atoms with Crippen LogP contribution < -0.4 is 0 Å². The van der Waals surface area contributed by atoms with Gasteiger partial charge in [-0.3, -0.25) is 9.59 Å². The third-order valence-corrected chi connectivity index (χ3v) is 4.37. The topological polar surface area (TPSA) is 52.6 Å². The summed E-state index contributed by atoms with van der Waals surface area (Å²) in [6.07, 6.45) is 5.60. The number of ether oxygens (including phenoxy) is 2. The van der Waals surface area contributed by atoms with Gasteiger partial charge in [-0.05, 0) is 31.6 Å². The number of rotatable bonds is 2. The molecule has 0 bridgehead atoms. The Bertz CT molecular complexity index is 381. The van der Waals surface area contributed by atoms with E-state index in [0.29, 0.717) is 6.42 Å². The number of fused-ring (bicyclic) bond motifs is 1. The molecule has 0 saturated heterocycles. The Balaban J connectivity index is 2.48. The predicted octanol–water partition coefficient (Wildman–Crippen LogP) is 2.09. The lowest BCUT2D eigenvalue weighted by Crippen LogP contribution is -2.44. The van der Waals surface area contributed by atoms with Crippen LogP contribution in [0.5, 0.6) is 0 Å². The van der Waals surface area contributed by atoms with Crippen molar-refractivity contribution in [2.45, 2.75) is 32.6 Å². The van der Waals surface area contributed by atoms with E-state index in [2.05, 4.69) is 13.0 Å². The standard InChI is InChI=1S/C14H20O4/c1-9-8-14(12(15)17-2,13(16)18-3)11-7-5-4-6-10(9)11/h6,9,11H,4-5,7-8H2,1-3H3. The van der Waals surface area contributed by atoms with Gasteiger partial charge >= 0.3 is 11.9 Å². The van der Waals surface area contributed by atoms with E-state index in [9.17, 15) is 9.59 Å². The molecular weight excluding hydrogens is 232 g/mol. The summed E-state index contributed by atoms with van der Waals surface area (Å²) in [7, 11) is 2.67. The lowest BCUT2D eigenvalue weighted by Gasteiger charge is -2.31. The number of esters is 2. The van der Waals surface area contributed by atoms with Crippen molar-refractivity contribution < 1.29 is 19.1 Å². The molecule has 2 aliphatic rings. The molecule has 0 aromatic rings. The second-order valence-corrected chi connectivity index (χ2v) is 5.25. The Hall–Kier alpha value is -1.32. The minimum Gasteiger partial charge on any atom is -0.468 e. The summed E-state index contributed by atoms with van der Waals surface area (Å²) in [5.74, 6) is -0.692. The van der Waals surface area contributed by atoms with E-state index in [-0.39, 0.29) is 11.8 Å². The van der Waals surface area contributed by atoms with Crippen molar-refractivity contribution >= 4 is 11.9 Å². The predicted molar refractivity (Wildman–Crippen MR) is 65.7 cm³/mol. The fraction of sp³-hybridized carbons (Fsp3) is 0.714. The lowest BCUT2D eigenvalue weighted by molar-refractivity contribution is -0.172. The summed E-state index contributed by atoms with van der Waals surface area (Å²) in [5.41, 5.74) is 0.117. The maximum Gasteiger partial charge on any atom is 0.323 e. The van der Waals surface area contributed by atoms with Gasteiger partial charge in [-0.25, -0.2) is 0 Å².